The van der Waals surface area contributed by atoms with Crippen LogP contribution in [0.3, 0.4) is 0 Å². The number of fused-ring (bicyclic) bond motifs is 2. The van der Waals surface area contributed by atoms with E-state index in [0.29, 0.717) is 7.25 Å². The third kappa shape index (κ3) is 14.0. The first-order chi connectivity index (χ1) is 26.6. The zero-order valence-electron chi connectivity index (χ0n) is 41.1. The Labute approximate surface area is 363 Å². The van der Waals surface area contributed by atoms with E-state index in [4.69, 9.17) is 0 Å². The summed E-state index contributed by atoms with van der Waals surface area (Å²) in [6.45, 7) is 23.7. The molecule has 0 heterocycles. The fraction of sp³-hybridized carbons (Fsp3) is 0.520. The fourth-order valence-electron chi connectivity index (χ4n) is 8.78. The molecule has 2 aromatic rings. The molecule has 4 N–H and O–H groups in total. The van der Waals surface area contributed by atoms with Gasteiger partial charge in [-0.2, -0.15) is 0 Å². The number of hydrogen-bond acceptors (Lipinski definition) is 4. The molecule has 0 aliphatic heterocycles. The van der Waals surface area contributed by atoms with Crippen LogP contribution in [0.5, 0.6) is 0 Å². The standard InChI is InChI=1S/2C10H15.2C9H7.4C2H7N.4CH3.2H2Si.2Zr/c2*1-8-5-6-9(7-8)10(2,3)4;2*1-2-5-9-7-3-6-8(9)4-1;4*1-3-2;;;;;;;;/h2*7H,6H2,1-4H3;2*1-7H;4*3H,1-2H3;4*1H3;2*1H2;;. The zero-order chi connectivity index (χ0) is 45.0. The number of hydrogen-bond donors (Lipinski definition) is 4. The first kappa shape index (κ1) is 54.9. The van der Waals surface area contributed by atoms with Crippen molar-refractivity contribution in [1.82, 2.24) is 21.3 Å². The molecule has 0 spiro atoms. The van der Waals surface area contributed by atoms with Crippen LogP contribution in [0.4, 0.5) is 0 Å². The fourth-order valence-corrected chi connectivity index (χ4v) is 39.8. The molecule has 0 saturated heterocycles. The van der Waals surface area contributed by atoms with Gasteiger partial charge in [-0.25, -0.2) is 0 Å². The van der Waals surface area contributed by atoms with Gasteiger partial charge in [0.15, 0.2) is 0 Å². The number of allylic oxidation sites excluding steroid dienone is 10. The monoisotopic (exact) mass is 980 g/mol. The van der Waals surface area contributed by atoms with E-state index in [2.05, 4.69) is 194 Å². The second-order valence-corrected chi connectivity index (χ2v) is 80.5. The minimum absolute atomic E-state index is 0.290. The average Bonchev–Trinajstić information content (AvgIpc) is 3.91. The van der Waals surface area contributed by atoms with Crippen LogP contribution < -0.4 is 21.3 Å². The van der Waals surface area contributed by atoms with Gasteiger partial charge in [0, 0.05) is 0 Å². The van der Waals surface area contributed by atoms with Crippen LogP contribution in [0.2, 0.25) is 18.5 Å². The quantitative estimate of drug-likeness (QED) is 0.231. The van der Waals surface area contributed by atoms with Crippen molar-refractivity contribution in [2.45, 2.75) is 94.0 Å². The van der Waals surface area contributed by atoms with Crippen molar-refractivity contribution in [3.63, 3.8) is 0 Å². The molecule has 4 aliphatic carbocycles. The van der Waals surface area contributed by atoms with E-state index in [9.17, 15) is 0 Å². The van der Waals surface area contributed by atoms with Crippen LogP contribution in [0.25, 0.3) is 12.2 Å². The van der Waals surface area contributed by atoms with Crippen LogP contribution in [-0.4, -0.2) is 70.1 Å². The second kappa shape index (κ2) is 22.3. The topological polar surface area (TPSA) is 48.1 Å². The Morgan fingerprint density at radius 3 is 1.05 bits per heavy atom. The number of rotatable bonds is 4. The van der Waals surface area contributed by atoms with E-state index in [1.807, 2.05) is 62.9 Å². The molecule has 324 valence electrons. The van der Waals surface area contributed by atoms with Gasteiger partial charge in [0.05, 0.1) is 0 Å². The molecule has 4 nitrogen and oxygen atoms in total. The molecule has 8 heteroatoms. The van der Waals surface area contributed by atoms with Crippen LogP contribution >= 0.6 is 0 Å². The Kier molecular flexibility index (Phi) is 21.1. The van der Waals surface area contributed by atoms with E-state index >= 15 is 0 Å². The Morgan fingerprint density at radius 2 is 0.793 bits per heavy atom. The van der Waals surface area contributed by atoms with Crippen LogP contribution in [0.15, 0.2) is 102 Å². The zero-order valence-corrected chi connectivity index (χ0v) is 48.8. The molecule has 4 aliphatic rings. The normalized spacial score (nSPS) is 18.4. The molecule has 2 unspecified atom stereocenters. The Balaban J connectivity index is 0.000000457. The summed E-state index contributed by atoms with van der Waals surface area (Å²) in [4.78, 5) is 0. The summed E-state index contributed by atoms with van der Waals surface area (Å²) in [5.41, 5.74) is 13.0. The van der Waals surface area contributed by atoms with Crippen molar-refractivity contribution >= 4 is 25.9 Å². The molecule has 0 amide bonds. The van der Waals surface area contributed by atoms with Gasteiger partial charge in [-0.05, 0) is 56.4 Å². The maximum absolute atomic E-state index is 3.06. The number of benzene rings is 2. The molecule has 0 aromatic heterocycles. The van der Waals surface area contributed by atoms with Crippen molar-refractivity contribution in [1.29, 1.82) is 0 Å². The molecule has 2 aromatic carbocycles. The van der Waals surface area contributed by atoms with E-state index < -0.39 is 34.8 Å². The SMILES string of the molecule is CC1=[C]([Zr]([CH3])([CH3])(=[SiH2])[C]2=C(C)C=C(C(C)(C)C)C2)CC(C(C)(C)C)=C1.CNC.CNC.CNC.CNC.[CH3][Zr]([CH3])(=[SiH2])([CH]1C=Cc2ccccc21)[CH]1C=Cc2ccccc21. The minimum atomic E-state index is -3.06. The van der Waals surface area contributed by atoms with Gasteiger partial charge < -0.3 is 21.3 Å². The molecule has 0 saturated carbocycles. The van der Waals surface area contributed by atoms with Gasteiger partial charge in [-0.1, -0.05) is 0 Å². The summed E-state index contributed by atoms with van der Waals surface area (Å²) in [5, 5.41) is 11.0. The molecular weight excluding hydrogens is 895 g/mol. The van der Waals surface area contributed by atoms with Crippen LogP contribution in [0.1, 0.15) is 97.7 Å². The van der Waals surface area contributed by atoms with Gasteiger partial charge >= 0.3 is 289 Å². The van der Waals surface area contributed by atoms with E-state index in [1.54, 1.807) is 33.4 Å². The van der Waals surface area contributed by atoms with Gasteiger partial charge in [0.2, 0.25) is 0 Å². The molecule has 0 bridgehead atoms. The van der Waals surface area contributed by atoms with Crippen molar-refractivity contribution in [3.8, 4) is 0 Å². The summed E-state index contributed by atoms with van der Waals surface area (Å²) in [5.74, 6) is 0. The molecule has 58 heavy (non-hydrogen) atoms. The third-order valence-electron chi connectivity index (χ3n) is 12.0. The second-order valence-electron chi connectivity index (χ2n) is 21.1. The van der Waals surface area contributed by atoms with E-state index in [0.717, 1.165) is 0 Å². The maximum atomic E-state index is 2.75. The first-order valence-electron chi connectivity index (χ1n) is 21.5. The Hall–Kier alpha value is -1.08. The summed E-state index contributed by atoms with van der Waals surface area (Å²) >= 11 is -6.08. The van der Waals surface area contributed by atoms with Crippen LogP contribution in [0, 0.1) is 10.8 Å². The van der Waals surface area contributed by atoms with Crippen molar-refractivity contribution < 1.29 is 34.8 Å². The first-order valence-corrected chi connectivity index (χ1v) is 48.5. The van der Waals surface area contributed by atoms with Crippen molar-refractivity contribution in [2.24, 2.45) is 10.8 Å². The summed E-state index contributed by atoms with van der Waals surface area (Å²) in [6, 6.07) is 17.9. The van der Waals surface area contributed by atoms with Crippen molar-refractivity contribution in [2.75, 3.05) is 56.4 Å². The number of nitrogens with one attached hydrogen (secondary N) is 4. The predicted octanol–water partition coefficient (Wildman–Crippen LogP) is 10.8. The van der Waals surface area contributed by atoms with E-state index in [1.165, 1.54) is 24.0 Å². The molecule has 0 radical (unpaired) electrons. The Morgan fingerprint density at radius 1 is 0.517 bits per heavy atom. The van der Waals surface area contributed by atoms with Gasteiger partial charge in [0.25, 0.3) is 0 Å². The predicted molar refractivity (Wildman–Crippen MR) is 267 cm³/mol. The van der Waals surface area contributed by atoms with E-state index in [-0.39, 0.29) is 10.8 Å². The average molecular weight is 984 g/mol. The summed E-state index contributed by atoms with van der Waals surface area (Å²) in [6.07, 6.45) is 17.1. The third-order valence-corrected chi connectivity index (χ3v) is 47.1. The van der Waals surface area contributed by atoms with Gasteiger partial charge in [-0.3, -0.25) is 0 Å². The Bertz CT molecular complexity index is 1880. The van der Waals surface area contributed by atoms with Gasteiger partial charge in [-0.15, -0.1) is 0 Å². The molecule has 6 rings (SSSR count). The van der Waals surface area contributed by atoms with Gasteiger partial charge in [0.1, 0.15) is 0 Å². The summed E-state index contributed by atoms with van der Waals surface area (Å²) < 4.78 is 15.6. The molecule has 0 fully saturated rings. The summed E-state index contributed by atoms with van der Waals surface area (Å²) in [7, 11) is 15.0. The molecule has 2 atom stereocenters. The molecular formula is C50H88N4Si2Zr2. The van der Waals surface area contributed by atoms with Crippen LogP contribution in [-0.2, 0) is 34.8 Å². The van der Waals surface area contributed by atoms with Crippen molar-refractivity contribution in [3.05, 3.63) is 124 Å².